The molecule has 3 rings (SSSR count). The van der Waals surface area contributed by atoms with Crippen molar-refractivity contribution >= 4 is 52.5 Å². The maximum absolute atomic E-state index is 12.6. The maximum Gasteiger partial charge on any atom is 0.266 e. The Morgan fingerprint density at radius 3 is 2.37 bits per heavy atom. The van der Waals surface area contributed by atoms with Gasteiger partial charge in [-0.15, -0.1) is 0 Å². The van der Waals surface area contributed by atoms with Crippen LogP contribution in [0.2, 0.25) is 15.1 Å². The van der Waals surface area contributed by atoms with Crippen LogP contribution in [0.15, 0.2) is 72.3 Å². The number of hydrogen-bond acceptors (Lipinski definition) is 3. The number of amides is 1. The molecule has 7 heteroatoms. The Hall–Kier alpha value is -2.97. The largest absolute Gasteiger partial charge is 0.488 e. The quantitative estimate of drug-likeness (QED) is 0.328. The van der Waals surface area contributed by atoms with Gasteiger partial charge >= 0.3 is 0 Å². The first-order chi connectivity index (χ1) is 14.5. The van der Waals surface area contributed by atoms with Crippen LogP contribution in [0.1, 0.15) is 11.1 Å². The van der Waals surface area contributed by atoms with Gasteiger partial charge in [-0.1, -0.05) is 71.2 Å². The molecule has 0 aliphatic rings. The van der Waals surface area contributed by atoms with E-state index in [0.717, 1.165) is 5.56 Å². The third-order valence-corrected chi connectivity index (χ3v) is 4.85. The van der Waals surface area contributed by atoms with E-state index in [0.29, 0.717) is 32.1 Å². The van der Waals surface area contributed by atoms with E-state index in [1.807, 2.05) is 24.3 Å². The Morgan fingerprint density at radius 1 is 1.00 bits per heavy atom. The summed E-state index contributed by atoms with van der Waals surface area (Å²) in [6.07, 6.45) is 1.46. The summed E-state index contributed by atoms with van der Waals surface area (Å²) < 4.78 is 5.87. The van der Waals surface area contributed by atoms with Crippen molar-refractivity contribution < 1.29 is 9.53 Å². The molecule has 1 N–H and O–H groups in total. The predicted octanol–water partition coefficient (Wildman–Crippen LogP) is 6.77. The molecule has 1 amide bonds. The highest BCUT2D eigenvalue weighted by atomic mass is 35.5. The van der Waals surface area contributed by atoms with Gasteiger partial charge in [0.05, 0.1) is 0 Å². The average Bonchev–Trinajstić information content (AvgIpc) is 2.71. The monoisotopic (exact) mass is 456 g/mol. The highest BCUT2D eigenvalue weighted by Gasteiger charge is 2.12. The maximum atomic E-state index is 12.6. The third kappa shape index (κ3) is 5.77. The van der Waals surface area contributed by atoms with Crippen molar-refractivity contribution in [2.45, 2.75) is 6.61 Å². The molecule has 0 radical (unpaired) electrons. The van der Waals surface area contributed by atoms with Gasteiger partial charge in [0, 0.05) is 31.9 Å². The molecule has 0 bridgehead atoms. The van der Waals surface area contributed by atoms with Gasteiger partial charge in [0.15, 0.2) is 0 Å². The van der Waals surface area contributed by atoms with E-state index in [9.17, 15) is 10.1 Å². The second-order valence-electron chi connectivity index (χ2n) is 6.20. The number of benzene rings is 3. The molecule has 4 nitrogen and oxygen atoms in total. The van der Waals surface area contributed by atoms with Crippen LogP contribution in [0.4, 0.5) is 5.69 Å². The summed E-state index contributed by atoms with van der Waals surface area (Å²) in [6.45, 7) is 0.250. The van der Waals surface area contributed by atoms with Crippen molar-refractivity contribution in [1.82, 2.24) is 0 Å². The van der Waals surface area contributed by atoms with E-state index in [1.54, 1.807) is 48.5 Å². The van der Waals surface area contributed by atoms with Crippen LogP contribution in [0, 0.1) is 11.3 Å². The van der Waals surface area contributed by atoms with Crippen molar-refractivity contribution in [1.29, 1.82) is 5.26 Å². The normalized spacial score (nSPS) is 10.9. The fourth-order valence-corrected chi connectivity index (χ4v) is 3.35. The SMILES string of the molecule is N#CC(=Cc1ccccc1OCc1ccccc1Cl)C(=O)Nc1cc(Cl)cc(Cl)c1. The number of carbonyl (C=O) groups excluding carboxylic acids is 1. The topological polar surface area (TPSA) is 62.1 Å². The van der Waals surface area contributed by atoms with Crippen LogP contribution in [-0.4, -0.2) is 5.91 Å². The van der Waals surface area contributed by atoms with Crippen molar-refractivity contribution in [3.05, 3.63) is 98.5 Å². The number of hydrogen-bond donors (Lipinski definition) is 1. The molecule has 0 unspecified atom stereocenters. The lowest BCUT2D eigenvalue weighted by Crippen LogP contribution is -2.13. The second-order valence-corrected chi connectivity index (χ2v) is 7.48. The van der Waals surface area contributed by atoms with Crippen LogP contribution < -0.4 is 10.1 Å². The minimum atomic E-state index is -0.586. The van der Waals surface area contributed by atoms with Crippen molar-refractivity contribution in [2.75, 3.05) is 5.32 Å². The molecule has 0 saturated heterocycles. The number of para-hydroxylation sites is 1. The fourth-order valence-electron chi connectivity index (χ4n) is 2.63. The zero-order valence-corrected chi connectivity index (χ0v) is 17.8. The van der Waals surface area contributed by atoms with E-state index in [1.165, 1.54) is 6.08 Å². The predicted molar refractivity (Wildman–Crippen MR) is 121 cm³/mol. The first-order valence-corrected chi connectivity index (χ1v) is 9.94. The number of anilines is 1. The van der Waals surface area contributed by atoms with Gasteiger partial charge in [-0.25, -0.2) is 0 Å². The molecule has 0 aliphatic heterocycles. The molecule has 0 aliphatic carbocycles. The summed E-state index contributed by atoms with van der Waals surface area (Å²) in [5, 5.41) is 13.5. The van der Waals surface area contributed by atoms with Gasteiger partial charge in [-0.05, 0) is 36.4 Å². The molecular formula is C23H15Cl3N2O2. The minimum absolute atomic E-state index is 0.0973. The highest BCUT2D eigenvalue weighted by Crippen LogP contribution is 2.25. The molecular weight excluding hydrogens is 443 g/mol. The molecule has 0 heterocycles. The van der Waals surface area contributed by atoms with Crippen molar-refractivity contribution in [3.8, 4) is 11.8 Å². The average molecular weight is 458 g/mol. The molecule has 0 fully saturated rings. The van der Waals surface area contributed by atoms with Gasteiger partial charge in [0.1, 0.15) is 24.0 Å². The number of nitrogens with one attached hydrogen (secondary N) is 1. The Balaban J connectivity index is 1.81. The van der Waals surface area contributed by atoms with E-state index >= 15 is 0 Å². The van der Waals surface area contributed by atoms with E-state index in [4.69, 9.17) is 39.5 Å². The van der Waals surface area contributed by atoms with E-state index in [-0.39, 0.29) is 12.2 Å². The number of carbonyl (C=O) groups is 1. The number of nitriles is 1. The van der Waals surface area contributed by atoms with Crippen LogP contribution in [-0.2, 0) is 11.4 Å². The van der Waals surface area contributed by atoms with Crippen molar-refractivity contribution in [3.63, 3.8) is 0 Å². The molecule has 150 valence electrons. The van der Waals surface area contributed by atoms with Crippen LogP contribution in [0.5, 0.6) is 5.75 Å². The van der Waals surface area contributed by atoms with Crippen LogP contribution in [0.3, 0.4) is 0 Å². The van der Waals surface area contributed by atoms with E-state index in [2.05, 4.69) is 5.32 Å². The lowest BCUT2D eigenvalue weighted by Gasteiger charge is -2.11. The molecule has 0 spiro atoms. The third-order valence-electron chi connectivity index (χ3n) is 4.05. The Morgan fingerprint density at radius 2 is 1.67 bits per heavy atom. The Bertz CT molecular complexity index is 1130. The van der Waals surface area contributed by atoms with Gasteiger partial charge in [0.2, 0.25) is 0 Å². The number of ether oxygens (including phenoxy) is 1. The number of halogens is 3. The molecule has 30 heavy (non-hydrogen) atoms. The number of nitrogens with zero attached hydrogens (tertiary/aromatic N) is 1. The molecule has 0 atom stereocenters. The zero-order valence-electron chi connectivity index (χ0n) is 15.5. The summed E-state index contributed by atoms with van der Waals surface area (Å²) >= 11 is 18.1. The summed E-state index contributed by atoms with van der Waals surface area (Å²) in [5.41, 5.74) is 1.70. The van der Waals surface area contributed by atoms with Crippen LogP contribution >= 0.6 is 34.8 Å². The number of rotatable bonds is 6. The Kier molecular flexibility index (Phi) is 7.37. The molecule has 0 saturated carbocycles. The second kappa shape index (κ2) is 10.2. The highest BCUT2D eigenvalue weighted by molar-refractivity contribution is 6.35. The molecule has 3 aromatic carbocycles. The van der Waals surface area contributed by atoms with Crippen molar-refractivity contribution in [2.24, 2.45) is 0 Å². The lowest BCUT2D eigenvalue weighted by atomic mass is 10.1. The first kappa shape index (κ1) is 21.7. The first-order valence-electron chi connectivity index (χ1n) is 8.81. The zero-order chi connectivity index (χ0) is 21.5. The van der Waals surface area contributed by atoms with Gasteiger partial charge < -0.3 is 10.1 Å². The van der Waals surface area contributed by atoms with Crippen LogP contribution in [0.25, 0.3) is 6.08 Å². The molecule has 3 aromatic rings. The lowest BCUT2D eigenvalue weighted by molar-refractivity contribution is -0.112. The minimum Gasteiger partial charge on any atom is -0.488 e. The Labute approximate surface area is 189 Å². The summed E-state index contributed by atoms with van der Waals surface area (Å²) in [6, 6.07) is 21.0. The fraction of sp³-hybridized carbons (Fsp3) is 0.0435. The van der Waals surface area contributed by atoms with Gasteiger partial charge in [-0.2, -0.15) is 5.26 Å². The van der Waals surface area contributed by atoms with E-state index < -0.39 is 5.91 Å². The summed E-state index contributed by atoms with van der Waals surface area (Å²) in [7, 11) is 0. The summed E-state index contributed by atoms with van der Waals surface area (Å²) in [5.74, 6) is -0.0690. The summed E-state index contributed by atoms with van der Waals surface area (Å²) in [4.78, 5) is 12.6. The standard InChI is InChI=1S/C23H15Cl3N2O2/c24-18-10-19(25)12-20(11-18)28-23(29)17(13-27)9-15-5-2-4-8-22(15)30-14-16-6-1-3-7-21(16)26/h1-12H,14H2,(H,28,29). The van der Waals surface area contributed by atoms with Gasteiger partial charge in [-0.3, -0.25) is 4.79 Å². The smallest absolute Gasteiger partial charge is 0.266 e. The molecule has 0 aromatic heterocycles. The van der Waals surface area contributed by atoms with Gasteiger partial charge in [0.25, 0.3) is 5.91 Å².